The lowest BCUT2D eigenvalue weighted by molar-refractivity contribution is -0.870. The summed E-state index contributed by atoms with van der Waals surface area (Å²) in [5.41, 5.74) is 0. The Hall–Kier alpha value is -1.02. The number of ether oxygens (including phenoxy) is 2. The molecule has 0 aromatic carbocycles. The number of unbranched alkanes of at least 4 members (excludes halogenated alkanes) is 25. The first-order valence-corrected chi connectivity index (χ1v) is 24.5. The summed E-state index contributed by atoms with van der Waals surface area (Å²) in [5.74, 6) is -0.345. The number of quaternary nitrogens is 1. The molecule has 0 saturated heterocycles. The molecule has 2 atom stereocenters. The molecule has 0 heterocycles. The van der Waals surface area contributed by atoms with Crippen molar-refractivity contribution in [3.05, 3.63) is 24.3 Å². The number of carbonyl (C=O) groups is 1. The normalized spacial score (nSPS) is 13.9. The van der Waals surface area contributed by atoms with E-state index in [0.717, 1.165) is 57.8 Å². The molecule has 0 radical (unpaired) electrons. The van der Waals surface area contributed by atoms with Crippen molar-refractivity contribution in [1.82, 2.24) is 0 Å². The highest BCUT2D eigenvalue weighted by atomic mass is 31.2. The summed E-state index contributed by atoms with van der Waals surface area (Å²) in [7, 11) is 1.35. The van der Waals surface area contributed by atoms with Crippen molar-refractivity contribution in [2.75, 3.05) is 54.1 Å². The van der Waals surface area contributed by atoms with Crippen LogP contribution in [0.3, 0.4) is 0 Å². The molecule has 0 spiro atoms. The molecule has 0 aliphatic carbocycles. The number of nitrogens with zero attached hydrogens (tertiary/aromatic N) is 1. The Morgan fingerprint density at radius 2 is 1.02 bits per heavy atom. The number of rotatable bonds is 43. The van der Waals surface area contributed by atoms with Crippen molar-refractivity contribution in [2.24, 2.45) is 0 Å². The zero-order chi connectivity index (χ0) is 40.6. The Kier molecular flexibility index (Phi) is 39.1. The van der Waals surface area contributed by atoms with Gasteiger partial charge in [-0.3, -0.25) is 9.36 Å². The standard InChI is InChI=1S/C46H90NO7P/c1-6-8-10-12-14-16-18-20-22-23-24-25-26-28-30-32-34-36-38-41-51-43-45(44-53-55(49,50)52-42-40-47(3,4)5)54-46(48)39-37-35-33-31-29-27-21-19-17-15-13-11-9-7-2/h13,15,19,21,45H,6-12,14,16-18,20,22-44H2,1-5H3/b15-13-,21-19-. The van der Waals surface area contributed by atoms with Gasteiger partial charge in [-0.25, -0.2) is 0 Å². The molecule has 55 heavy (non-hydrogen) atoms. The molecular formula is C46H90NO7P. The number of likely N-dealkylation sites (N-methyl/N-ethyl adjacent to an activating group) is 1. The molecule has 0 bridgehead atoms. The van der Waals surface area contributed by atoms with Crippen LogP contribution in [0.15, 0.2) is 24.3 Å². The molecule has 2 unspecified atom stereocenters. The SMILES string of the molecule is CCCC/C=C\C/C=C\CCCCCCCC(=O)OC(COCCCCCCCCCCCCCCCCCCCCC)COP(=O)([O-])OCC[N+](C)(C)C. The average Bonchev–Trinajstić information content (AvgIpc) is 3.13. The second-order valence-corrected chi connectivity index (χ2v) is 18.2. The van der Waals surface area contributed by atoms with Crippen LogP contribution in [0, 0.1) is 0 Å². The molecule has 8 nitrogen and oxygen atoms in total. The second kappa shape index (κ2) is 39.8. The Balaban J connectivity index is 4.17. The van der Waals surface area contributed by atoms with Crippen LogP contribution in [0.4, 0.5) is 0 Å². The minimum atomic E-state index is -4.52. The van der Waals surface area contributed by atoms with E-state index >= 15 is 0 Å². The first-order chi connectivity index (χ1) is 26.6. The van der Waals surface area contributed by atoms with Gasteiger partial charge in [0.1, 0.15) is 19.3 Å². The Morgan fingerprint density at radius 3 is 1.53 bits per heavy atom. The van der Waals surface area contributed by atoms with Gasteiger partial charge in [-0.05, 0) is 38.5 Å². The molecule has 0 saturated carbocycles. The lowest BCUT2D eigenvalue weighted by atomic mass is 10.0. The van der Waals surface area contributed by atoms with E-state index in [4.69, 9.17) is 18.5 Å². The van der Waals surface area contributed by atoms with Crippen LogP contribution < -0.4 is 4.89 Å². The number of esters is 1. The summed E-state index contributed by atoms with van der Waals surface area (Å²) in [6.07, 6.45) is 44.8. The van der Waals surface area contributed by atoms with Crippen molar-refractivity contribution in [1.29, 1.82) is 0 Å². The van der Waals surface area contributed by atoms with Gasteiger partial charge < -0.3 is 27.9 Å². The Morgan fingerprint density at radius 1 is 0.564 bits per heavy atom. The number of hydrogen-bond donors (Lipinski definition) is 0. The van der Waals surface area contributed by atoms with Gasteiger partial charge in [0.2, 0.25) is 0 Å². The van der Waals surface area contributed by atoms with Crippen LogP contribution >= 0.6 is 7.82 Å². The predicted octanol–water partition coefficient (Wildman–Crippen LogP) is 13.0. The fourth-order valence-electron chi connectivity index (χ4n) is 6.39. The quantitative estimate of drug-likeness (QED) is 0.0199. The molecule has 0 aromatic rings. The average molecular weight is 800 g/mol. The fourth-order valence-corrected chi connectivity index (χ4v) is 7.12. The van der Waals surface area contributed by atoms with Crippen molar-refractivity contribution >= 4 is 13.8 Å². The highest BCUT2D eigenvalue weighted by Crippen LogP contribution is 2.38. The van der Waals surface area contributed by atoms with Crippen LogP contribution in [-0.2, 0) is 27.9 Å². The number of hydrogen-bond acceptors (Lipinski definition) is 7. The minimum Gasteiger partial charge on any atom is -0.756 e. The zero-order valence-electron chi connectivity index (χ0n) is 36.9. The van der Waals surface area contributed by atoms with E-state index in [-0.39, 0.29) is 25.8 Å². The second-order valence-electron chi connectivity index (χ2n) is 16.8. The van der Waals surface area contributed by atoms with E-state index in [0.29, 0.717) is 24.1 Å². The maximum Gasteiger partial charge on any atom is 0.306 e. The van der Waals surface area contributed by atoms with Crippen LogP contribution in [0.1, 0.15) is 206 Å². The summed E-state index contributed by atoms with van der Waals surface area (Å²) in [6.45, 7) is 5.39. The van der Waals surface area contributed by atoms with Crippen molar-refractivity contribution in [2.45, 2.75) is 213 Å². The molecule has 0 N–H and O–H groups in total. The third-order valence-electron chi connectivity index (χ3n) is 10.0. The maximum atomic E-state index is 12.7. The van der Waals surface area contributed by atoms with Gasteiger partial charge >= 0.3 is 5.97 Å². The molecule has 0 amide bonds. The number of allylic oxidation sites excluding steroid dienone is 4. The molecular weight excluding hydrogens is 709 g/mol. The van der Waals surface area contributed by atoms with Crippen molar-refractivity contribution in [3.8, 4) is 0 Å². The number of carbonyl (C=O) groups excluding carboxylic acids is 1. The van der Waals surface area contributed by atoms with Crippen LogP contribution in [-0.4, -0.2) is 70.7 Å². The van der Waals surface area contributed by atoms with Gasteiger partial charge in [-0.2, -0.15) is 0 Å². The number of phosphoric acid groups is 1. The van der Waals surface area contributed by atoms with Crippen molar-refractivity contribution < 1.29 is 37.3 Å². The minimum absolute atomic E-state index is 0.0252. The first kappa shape index (κ1) is 54.0. The molecule has 9 heteroatoms. The van der Waals surface area contributed by atoms with Gasteiger partial charge in [0.05, 0.1) is 34.4 Å². The summed E-state index contributed by atoms with van der Waals surface area (Å²) in [4.78, 5) is 25.0. The third-order valence-corrected chi connectivity index (χ3v) is 11.0. The van der Waals surface area contributed by atoms with Crippen LogP contribution in [0.5, 0.6) is 0 Å². The van der Waals surface area contributed by atoms with E-state index in [1.54, 1.807) is 0 Å². The zero-order valence-corrected chi connectivity index (χ0v) is 37.8. The van der Waals surface area contributed by atoms with E-state index in [9.17, 15) is 14.3 Å². The fraction of sp³-hybridized carbons (Fsp3) is 0.891. The van der Waals surface area contributed by atoms with Gasteiger partial charge in [0.25, 0.3) is 7.82 Å². The van der Waals surface area contributed by atoms with Crippen LogP contribution in [0.2, 0.25) is 0 Å². The Labute approximate surface area is 341 Å². The van der Waals surface area contributed by atoms with Gasteiger partial charge in [0, 0.05) is 13.0 Å². The largest absolute Gasteiger partial charge is 0.756 e. The Bertz CT molecular complexity index is 936. The monoisotopic (exact) mass is 800 g/mol. The topological polar surface area (TPSA) is 94.1 Å². The molecule has 0 fully saturated rings. The summed E-state index contributed by atoms with van der Waals surface area (Å²) < 4.78 is 34.6. The van der Waals surface area contributed by atoms with Crippen LogP contribution in [0.25, 0.3) is 0 Å². The third kappa shape index (κ3) is 43.9. The highest BCUT2D eigenvalue weighted by molar-refractivity contribution is 7.45. The number of phosphoric ester groups is 1. The lowest BCUT2D eigenvalue weighted by Crippen LogP contribution is -2.37. The molecule has 0 aliphatic heterocycles. The van der Waals surface area contributed by atoms with E-state index < -0.39 is 13.9 Å². The van der Waals surface area contributed by atoms with Crippen molar-refractivity contribution in [3.63, 3.8) is 0 Å². The maximum absolute atomic E-state index is 12.7. The smallest absolute Gasteiger partial charge is 0.306 e. The summed E-state index contributed by atoms with van der Waals surface area (Å²) >= 11 is 0. The van der Waals surface area contributed by atoms with Gasteiger partial charge in [-0.1, -0.05) is 186 Å². The molecule has 0 rings (SSSR count). The summed E-state index contributed by atoms with van der Waals surface area (Å²) in [5, 5.41) is 0. The van der Waals surface area contributed by atoms with E-state index in [2.05, 4.69) is 38.2 Å². The van der Waals surface area contributed by atoms with E-state index in [1.807, 2.05) is 21.1 Å². The molecule has 0 aromatic heterocycles. The molecule has 0 aliphatic rings. The van der Waals surface area contributed by atoms with E-state index in [1.165, 1.54) is 128 Å². The molecule has 326 valence electrons. The van der Waals surface area contributed by atoms with Gasteiger partial charge in [0.15, 0.2) is 0 Å². The summed E-state index contributed by atoms with van der Waals surface area (Å²) in [6, 6.07) is 0. The lowest BCUT2D eigenvalue weighted by Gasteiger charge is -2.28. The first-order valence-electron chi connectivity index (χ1n) is 23.1. The predicted molar refractivity (Wildman–Crippen MR) is 231 cm³/mol. The van der Waals surface area contributed by atoms with Gasteiger partial charge in [-0.15, -0.1) is 0 Å². The highest BCUT2D eigenvalue weighted by Gasteiger charge is 2.20.